The fraction of sp³-hybridized carbons (Fsp3) is 0.444. The third kappa shape index (κ3) is 5.05. The van der Waals surface area contributed by atoms with Gasteiger partial charge in [-0.2, -0.15) is 4.98 Å². The fourth-order valence-corrected chi connectivity index (χ4v) is 2.26. The highest BCUT2D eigenvalue weighted by Gasteiger charge is 2.28. The molecular formula is C18H22N4O4. The van der Waals surface area contributed by atoms with E-state index in [1.54, 1.807) is 45.0 Å². The number of carbonyl (C=O) groups excluding carboxylic acids is 2. The lowest BCUT2D eigenvalue weighted by Crippen LogP contribution is -2.27. The molecule has 0 spiro atoms. The summed E-state index contributed by atoms with van der Waals surface area (Å²) in [7, 11) is 0. The van der Waals surface area contributed by atoms with E-state index in [0.717, 1.165) is 12.8 Å². The van der Waals surface area contributed by atoms with Crippen molar-refractivity contribution in [3.05, 3.63) is 41.5 Å². The first-order chi connectivity index (χ1) is 12.3. The van der Waals surface area contributed by atoms with Crippen LogP contribution in [0.15, 0.2) is 28.8 Å². The molecule has 0 bridgehead atoms. The summed E-state index contributed by atoms with van der Waals surface area (Å²) < 4.78 is 10.3. The lowest BCUT2D eigenvalue weighted by Gasteiger charge is -2.19. The molecule has 26 heavy (non-hydrogen) atoms. The number of nitrogens with zero attached hydrogens (tertiary/aromatic N) is 2. The Morgan fingerprint density at radius 1 is 1.31 bits per heavy atom. The van der Waals surface area contributed by atoms with Gasteiger partial charge in [-0.05, 0) is 51.8 Å². The molecule has 2 aromatic rings. The van der Waals surface area contributed by atoms with Gasteiger partial charge in [0.05, 0.1) is 6.54 Å². The summed E-state index contributed by atoms with van der Waals surface area (Å²) in [5.41, 5.74) is 0.281. The van der Waals surface area contributed by atoms with Crippen LogP contribution in [0.4, 0.5) is 10.5 Å². The molecular weight excluding hydrogens is 336 g/mol. The summed E-state index contributed by atoms with van der Waals surface area (Å²) >= 11 is 0. The molecule has 138 valence electrons. The van der Waals surface area contributed by atoms with Crippen LogP contribution in [0, 0.1) is 0 Å². The zero-order valence-electron chi connectivity index (χ0n) is 15.0. The topological polar surface area (TPSA) is 106 Å². The van der Waals surface area contributed by atoms with Crippen LogP contribution in [0.1, 0.15) is 61.6 Å². The number of anilines is 1. The van der Waals surface area contributed by atoms with Crippen LogP contribution in [0.25, 0.3) is 0 Å². The van der Waals surface area contributed by atoms with Crippen LogP contribution < -0.4 is 10.6 Å². The van der Waals surface area contributed by atoms with Crippen molar-refractivity contribution in [2.75, 3.05) is 5.32 Å². The molecule has 0 radical (unpaired) electrons. The number of hydrogen-bond donors (Lipinski definition) is 2. The van der Waals surface area contributed by atoms with Gasteiger partial charge in [0.2, 0.25) is 5.89 Å². The summed E-state index contributed by atoms with van der Waals surface area (Å²) in [6.45, 7) is 5.50. The molecule has 1 aliphatic rings. The van der Waals surface area contributed by atoms with Crippen molar-refractivity contribution in [1.82, 2.24) is 15.5 Å². The Bertz CT molecular complexity index is 806. The van der Waals surface area contributed by atoms with Gasteiger partial charge in [-0.15, -0.1) is 0 Å². The number of rotatable bonds is 5. The first-order valence-corrected chi connectivity index (χ1v) is 8.51. The maximum absolute atomic E-state index is 12.3. The van der Waals surface area contributed by atoms with Gasteiger partial charge in [-0.25, -0.2) is 4.79 Å². The van der Waals surface area contributed by atoms with E-state index >= 15 is 0 Å². The van der Waals surface area contributed by atoms with Crippen molar-refractivity contribution in [3.8, 4) is 0 Å². The number of ether oxygens (including phenoxy) is 1. The van der Waals surface area contributed by atoms with Crippen molar-refractivity contribution in [2.45, 2.75) is 51.7 Å². The second-order valence-electron chi connectivity index (χ2n) is 7.21. The fourth-order valence-electron chi connectivity index (χ4n) is 2.26. The molecule has 8 heteroatoms. The minimum Gasteiger partial charge on any atom is -0.444 e. The predicted octanol–water partition coefficient (Wildman–Crippen LogP) is 3.22. The number of nitrogens with one attached hydrogen (secondary N) is 2. The Kier molecular flexibility index (Phi) is 4.92. The molecule has 1 saturated carbocycles. The highest BCUT2D eigenvalue weighted by molar-refractivity contribution is 5.96. The van der Waals surface area contributed by atoms with Crippen molar-refractivity contribution in [2.24, 2.45) is 0 Å². The molecule has 8 nitrogen and oxygen atoms in total. The number of benzene rings is 1. The average molecular weight is 358 g/mol. The van der Waals surface area contributed by atoms with Gasteiger partial charge in [0.25, 0.3) is 5.91 Å². The van der Waals surface area contributed by atoms with Gasteiger partial charge in [0, 0.05) is 17.2 Å². The molecule has 1 fully saturated rings. The van der Waals surface area contributed by atoms with E-state index in [2.05, 4.69) is 20.8 Å². The van der Waals surface area contributed by atoms with Crippen molar-refractivity contribution < 1.29 is 18.8 Å². The molecule has 1 aromatic heterocycles. The maximum Gasteiger partial charge on any atom is 0.412 e. The van der Waals surface area contributed by atoms with Crippen LogP contribution in [0.2, 0.25) is 0 Å². The second-order valence-corrected chi connectivity index (χ2v) is 7.21. The van der Waals surface area contributed by atoms with Gasteiger partial charge < -0.3 is 14.6 Å². The normalized spacial score (nSPS) is 14.0. The van der Waals surface area contributed by atoms with Crippen molar-refractivity contribution in [3.63, 3.8) is 0 Å². The third-order valence-electron chi connectivity index (χ3n) is 3.60. The molecule has 0 saturated heterocycles. The molecule has 0 unspecified atom stereocenters. The molecule has 1 heterocycles. The minimum atomic E-state index is -0.595. The average Bonchev–Trinajstić information content (AvgIpc) is 3.30. The summed E-state index contributed by atoms with van der Waals surface area (Å²) in [5.74, 6) is 1.18. The first-order valence-electron chi connectivity index (χ1n) is 8.51. The Morgan fingerprint density at radius 2 is 2.08 bits per heavy atom. The van der Waals surface area contributed by atoms with Crippen LogP contribution >= 0.6 is 0 Å². The van der Waals surface area contributed by atoms with E-state index in [1.165, 1.54) is 0 Å². The van der Waals surface area contributed by atoms with Crippen molar-refractivity contribution >= 4 is 17.7 Å². The van der Waals surface area contributed by atoms with Crippen LogP contribution in [0.5, 0.6) is 0 Å². The van der Waals surface area contributed by atoms with Crippen LogP contribution in [-0.4, -0.2) is 27.7 Å². The summed E-state index contributed by atoms with van der Waals surface area (Å²) in [5, 5.41) is 9.24. The van der Waals surface area contributed by atoms with Gasteiger partial charge in [0.1, 0.15) is 5.60 Å². The summed E-state index contributed by atoms with van der Waals surface area (Å²) in [6.07, 6.45) is 1.60. The molecule has 0 aliphatic heterocycles. The van der Waals surface area contributed by atoms with Crippen LogP contribution in [0.3, 0.4) is 0 Å². The van der Waals surface area contributed by atoms with E-state index in [0.29, 0.717) is 28.9 Å². The Morgan fingerprint density at radius 3 is 2.77 bits per heavy atom. The quantitative estimate of drug-likeness (QED) is 0.850. The molecule has 1 aromatic carbocycles. The first kappa shape index (κ1) is 17.9. The largest absolute Gasteiger partial charge is 0.444 e. The number of amides is 2. The van der Waals surface area contributed by atoms with Gasteiger partial charge in [0.15, 0.2) is 5.82 Å². The highest BCUT2D eigenvalue weighted by atomic mass is 16.6. The number of hydrogen-bond acceptors (Lipinski definition) is 6. The highest BCUT2D eigenvalue weighted by Crippen LogP contribution is 2.38. The molecule has 2 N–H and O–H groups in total. The predicted molar refractivity (Wildman–Crippen MR) is 93.7 cm³/mol. The van der Waals surface area contributed by atoms with Gasteiger partial charge in [-0.1, -0.05) is 11.2 Å². The molecule has 2 amide bonds. The van der Waals surface area contributed by atoms with E-state index in [-0.39, 0.29) is 12.5 Å². The minimum absolute atomic E-state index is 0.155. The van der Waals surface area contributed by atoms with E-state index < -0.39 is 11.7 Å². The lowest BCUT2D eigenvalue weighted by molar-refractivity contribution is 0.0635. The molecule has 3 rings (SSSR count). The second kappa shape index (κ2) is 7.15. The SMILES string of the molecule is CC(C)(C)OC(=O)Nc1cccc(C(=O)NCc2nc(C3CC3)no2)c1. The van der Waals surface area contributed by atoms with E-state index in [1.807, 2.05) is 0 Å². The van der Waals surface area contributed by atoms with Crippen LogP contribution in [-0.2, 0) is 11.3 Å². The third-order valence-corrected chi connectivity index (χ3v) is 3.60. The summed E-state index contributed by atoms with van der Waals surface area (Å²) in [6, 6.07) is 6.59. The number of carbonyl (C=O) groups is 2. The van der Waals surface area contributed by atoms with Crippen molar-refractivity contribution in [1.29, 1.82) is 0 Å². The standard InChI is InChI=1S/C18H22N4O4/c1-18(2,3)25-17(24)20-13-6-4-5-12(9-13)16(23)19-10-14-21-15(22-26-14)11-7-8-11/h4-6,9,11H,7-8,10H2,1-3H3,(H,19,23)(H,20,24). The Labute approximate surface area is 151 Å². The Hall–Kier alpha value is -2.90. The summed E-state index contributed by atoms with van der Waals surface area (Å²) in [4.78, 5) is 28.4. The maximum atomic E-state index is 12.3. The van der Waals surface area contributed by atoms with Gasteiger partial charge in [-0.3, -0.25) is 10.1 Å². The van der Waals surface area contributed by atoms with E-state index in [4.69, 9.17) is 9.26 Å². The lowest BCUT2D eigenvalue weighted by atomic mass is 10.2. The number of aromatic nitrogens is 2. The molecule has 1 aliphatic carbocycles. The Balaban J connectivity index is 1.56. The zero-order valence-corrected chi connectivity index (χ0v) is 15.0. The monoisotopic (exact) mass is 358 g/mol. The van der Waals surface area contributed by atoms with E-state index in [9.17, 15) is 9.59 Å². The van der Waals surface area contributed by atoms with Gasteiger partial charge >= 0.3 is 6.09 Å². The zero-order chi connectivity index (χ0) is 18.7. The molecule has 0 atom stereocenters. The smallest absolute Gasteiger partial charge is 0.412 e.